The van der Waals surface area contributed by atoms with Crippen LogP contribution in [0.5, 0.6) is 5.75 Å². The summed E-state index contributed by atoms with van der Waals surface area (Å²) in [5.74, 6) is -0.133. The highest BCUT2D eigenvalue weighted by molar-refractivity contribution is 5.48. The van der Waals surface area contributed by atoms with Crippen molar-refractivity contribution in [2.75, 3.05) is 6.61 Å². The second-order valence-electron chi connectivity index (χ2n) is 2.93. The van der Waals surface area contributed by atoms with E-state index < -0.39 is 18.0 Å². The Morgan fingerprint density at radius 2 is 2.20 bits per heavy atom. The molecule has 82 valence electrons. The van der Waals surface area contributed by atoms with E-state index in [4.69, 9.17) is 0 Å². The summed E-state index contributed by atoms with van der Waals surface area (Å²) in [5, 5.41) is 10.6. The van der Waals surface area contributed by atoms with Gasteiger partial charge in [0, 0.05) is 6.07 Å². The van der Waals surface area contributed by atoms with Gasteiger partial charge in [0.1, 0.15) is 6.61 Å². The van der Waals surface area contributed by atoms with Crippen LogP contribution in [0.1, 0.15) is 5.56 Å². The summed E-state index contributed by atoms with van der Waals surface area (Å²) in [5.41, 5.74) is 0.377. The molecule has 0 aliphatic carbocycles. The highest BCUT2D eigenvalue weighted by atomic mass is 19.3. The fourth-order valence-electron chi connectivity index (χ4n) is 1.04. The second-order valence-corrected chi connectivity index (χ2v) is 2.93. The molecule has 15 heavy (non-hydrogen) atoms. The van der Waals surface area contributed by atoms with Gasteiger partial charge < -0.3 is 4.74 Å². The summed E-state index contributed by atoms with van der Waals surface area (Å²) < 4.78 is 28.3. The highest BCUT2D eigenvalue weighted by Gasteiger charge is 2.16. The summed E-state index contributed by atoms with van der Waals surface area (Å²) in [4.78, 5) is 9.90. The van der Waals surface area contributed by atoms with Crippen LogP contribution in [0, 0.1) is 17.0 Å². The summed E-state index contributed by atoms with van der Waals surface area (Å²) in [6.45, 7) is 0.827. The van der Waals surface area contributed by atoms with Crippen LogP contribution < -0.4 is 4.74 Å². The van der Waals surface area contributed by atoms with Gasteiger partial charge >= 0.3 is 5.69 Å². The van der Waals surface area contributed by atoms with Crippen molar-refractivity contribution in [2.45, 2.75) is 13.3 Å². The number of nitro benzene ring substituents is 1. The third-order valence-electron chi connectivity index (χ3n) is 1.68. The molecule has 0 spiro atoms. The van der Waals surface area contributed by atoms with Gasteiger partial charge in [0.15, 0.2) is 5.75 Å². The van der Waals surface area contributed by atoms with Crippen LogP contribution in [-0.4, -0.2) is 18.0 Å². The zero-order valence-corrected chi connectivity index (χ0v) is 7.94. The molecule has 0 saturated heterocycles. The number of alkyl halides is 2. The summed E-state index contributed by atoms with van der Waals surface area (Å²) in [6.07, 6.45) is -2.65. The van der Waals surface area contributed by atoms with Crippen molar-refractivity contribution < 1.29 is 18.4 Å². The van der Waals surface area contributed by atoms with Crippen molar-refractivity contribution in [2.24, 2.45) is 0 Å². The first-order chi connectivity index (χ1) is 7.00. The Labute approximate surface area is 84.6 Å². The van der Waals surface area contributed by atoms with Crippen molar-refractivity contribution in [3.63, 3.8) is 0 Å². The number of aryl methyl sites for hydroxylation is 1. The molecule has 0 bridgehead atoms. The Hall–Kier alpha value is -1.72. The molecular weight excluding hydrogens is 208 g/mol. The van der Waals surface area contributed by atoms with Crippen molar-refractivity contribution in [3.05, 3.63) is 33.9 Å². The van der Waals surface area contributed by atoms with E-state index >= 15 is 0 Å². The molecule has 0 aromatic heterocycles. The fraction of sp³-hybridized carbons (Fsp3) is 0.333. The van der Waals surface area contributed by atoms with Crippen LogP contribution in [0.25, 0.3) is 0 Å². The molecule has 0 aliphatic rings. The van der Waals surface area contributed by atoms with Crippen LogP contribution in [0.15, 0.2) is 18.2 Å². The highest BCUT2D eigenvalue weighted by Crippen LogP contribution is 2.27. The first-order valence-electron chi connectivity index (χ1n) is 4.16. The lowest BCUT2D eigenvalue weighted by molar-refractivity contribution is -0.386. The normalized spacial score (nSPS) is 10.4. The molecule has 0 N–H and O–H groups in total. The molecule has 0 radical (unpaired) electrons. The van der Waals surface area contributed by atoms with Gasteiger partial charge in [0.05, 0.1) is 4.92 Å². The first kappa shape index (κ1) is 11.4. The number of nitrogens with zero attached hydrogens (tertiary/aromatic N) is 1. The molecular formula is C9H9F2NO3. The number of halogens is 2. The van der Waals surface area contributed by atoms with E-state index in [9.17, 15) is 18.9 Å². The fourth-order valence-corrected chi connectivity index (χ4v) is 1.04. The molecule has 0 fully saturated rings. The Bertz CT molecular complexity index is 368. The summed E-state index contributed by atoms with van der Waals surface area (Å²) in [6, 6.07) is 4.16. The van der Waals surface area contributed by atoms with Gasteiger partial charge in [-0.3, -0.25) is 10.1 Å². The van der Waals surface area contributed by atoms with Crippen LogP contribution in [0.3, 0.4) is 0 Å². The van der Waals surface area contributed by atoms with Crippen molar-refractivity contribution in [3.8, 4) is 5.75 Å². The van der Waals surface area contributed by atoms with E-state index in [1.165, 1.54) is 12.1 Å². The summed E-state index contributed by atoms with van der Waals surface area (Å²) in [7, 11) is 0. The van der Waals surface area contributed by atoms with Crippen LogP contribution in [0.4, 0.5) is 14.5 Å². The van der Waals surface area contributed by atoms with Gasteiger partial charge in [-0.1, -0.05) is 6.07 Å². The molecule has 1 aromatic carbocycles. The van der Waals surface area contributed by atoms with Gasteiger partial charge in [0.2, 0.25) is 0 Å². The quantitative estimate of drug-likeness (QED) is 0.575. The Morgan fingerprint density at radius 1 is 1.53 bits per heavy atom. The maximum absolute atomic E-state index is 11.8. The van der Waals surface area contributed by atoms with E-state index in [1.807, 2.05) is 0 Å². The van der Waals surface area contributed by atoms with Crippen molar-refractivity contribution in [1.29, 1.82) is 0 Å². The monoisotopic (exact) mass is 217 g/mol. The minimum Gasteiger partial charge on any atom is -0.481 e. The average molecular weight is 217 g/mol. The lowest BCUT2D eigenvalue weighted by Gasteiger charge is -2.06. The molecule has 0 heterocycles. The third kappa shape index (κ3) is 3.16. The largest absolute Gasteiger partial charge is 0.481 e. The first-order valence-corrected chi connectivity index (χ1v) is 4.16. The number of hydrogen-bond acceptors (Lipinski definition) is 3. The molecule has 0 atom stereocenters. The van der Waals surface area contributed by atoms with Crippen LogP contribution >= 0.6 is 0 Å². The van der Waals surface area contributed by atoms with Crippen LogP contribution in [-0.2, 0) is 0 Å². The number of ether oxygens (including phenoxy) is 1. The zero-order valence-electron chi connectivity index (χ0n) is 7.94. The molecule has 1 rings (SSSR count). The van der Waals surface area contributed by atoms with Crippen molar-refractivity contribution >= 4 is 5.69 Å². The minimum absolute atomic E-state index is 0.133. The molecule has 1 aromatic rings. The lowest BCUT2D eigenvalue weighted by Crippen LogP contribution is -2.08. The molecule has 6 heteroatoms. The van der Waals surface area contributed by atoms with Gasteiger partial charge in [-0.2, -0.15) is 0 Å². The maximum Gasteiger partial charge on any atom is 0.311 e. The molecule has 0 aliphatic heterocycles. The molecule has 0 unspecified atom stereocenters. The standard InChI is InChI=1S/C9H9F2NO3/c1-6-2-3-8(15-5-9(10)11)7(4-6)12(13)14/h2-4,9H,5H2,1H3. The lowest BCUT2D eigenvalue weighted by atomic mass is 10.2. The maximum atomic E-state index is 11.8. The SMILES string of the molecule is Cc1ccc(OCC(F)F)c([N+](=O)[O-])c1. The molecule has 0 amide bonds. The number of nitro groups is 1. The van der Waals surface area contributed by atoms with E-state index in [-0.39, 0.29) is 11.4 Å². The predicted molar refractivity (Wildman–Crippen MR) is 49.3 cm³/mol. The van der Waals surface area contributed by atoms with E-state index in [0.717, 1.165) is 0 Å². The van der Waals surface area contributed by atoms with Gasteiger partial charge in [-0.15, -0.1) is 0 Å². The van der Waals surface area contributed by atoms with Gasteiger partial charge in [0.25, 0.3) is 6.43 Å². The second kappa shape index (κ2) is 4.68. The van der Waals surface area contributed by atoms with Crippen LogP contribution in [0.2, 0.25) is 0 Å². The zero-order chi connectivity index (χ0) is 11.4. The van der Waals surface area contributed by atoms with E-state index in [1.54, 1.807) is 13.0 Å². The van der Waals surface area contributed by atoms with Crippen molar-refractivity contribution in [1.82, 2.24) is 0 Å². The smallest absolute Gasteiger partial charge is 0.311 e. The Kier molecular flexibility index (Phi) is 3.54. The Balaban J connectivity index is 2.91. The number of hydrogen-bond donors (Lipinski definition) is 0. The number of rotatable bonds is 4. The minimum atomic E-state index is -2.65. The number of benzene rings is 1. The van der Waals surface area contributed by atoms with Gasteiger partial charge in [-0.25, -0.2) is 8.78 Å². The molecule has 4 nitrogen and oxygen atoms in total. The third-order valence-corrected chi connectivity index (χ3v) is 1.68. The average Bonchev–Trinajstić information content (AvgIpc) is 2.15. The predicted octanol–water partition coefficient (Wildman–Crippen LogP) is 2.55. The van der Waals surface area contributed by atoms with Gasteiger partial charge in [-0.05, 0) is 18.6 Å². The molecule has 0 saturated carbocycles. The summed E-state index contributed by atoms with van der Waals surface area (Å²) >= 11 is 0. The van der Waals surface area contributed by atoms with E-state index in [0.29, 0.717) is 5.56 Å². The Morgan fingerprint density at radius 3 is 2.73 bits per heavy atom. The van der Waals surface area contributed by atoms with E-state index in [2.05, 4.69) is 4.74 Å². The topological polar surface area (TPSA) is 52.4 Å².